The van der Waals surface area contributed by atoms with E-state index < -0.39 is 0 Å². The van der Waals surface area contributed by atoms with Crippen LogP contribution in [0, 0.1) is 0 Å². The molecule has 1 heterocycles. The first kappa shape index (κ1) is 19.5. The number of rotatable bonds is 13. The number of hydrogen-bond acceptors (Lipinski definition) is 3. The van der Waals surface area contributed by atoms with Crippen molar-refractivity contribution < 1.29 is 9.63 Å². The molecule has 0 aliphatic carbocycles. The second kappa shape index (κ2) is 12.9. The molecule has 130 valence electrons. The Labute approximate surface area is 140 Å². The summed E-state index contributed by atoms with van der Waals surface area (Å²) in [5.41, 5.74) is 0.662. The third-order valence-corrected chi connectivity index (χ3v) is 4.00. The maximum absolute atomic E-state index is 11.8. The molecular weight excluding hydrogens is 288 g/mol. The predicted octanol–water partition coefficient (Wildman–Crippen LogP) is 5.10. The zero-order chi connectivity index (χ0) is 16.8. The summed E-state index contributed by atoms with van der Waals surface area (Å²) in [5, 5.41) is 0. The molecular formula is C19H32N2O2. The van der Waals surface area contributed by atoms with Gasteiger partial charge in [-0.05, 0) is 19.8 Å². The molecule has 0 aliphatic heterocycles. The van der Waals surface area contributed by atoms with Crippen LogP contribution in [-0.4, -0.2) is 15.7 Å². The summed E-state index contributed by atoms with van der Waals surface area (Å²) in [6, 6.07) is 0. The Bertz CT molecular complexity index is 438. The van der Waals surface area contributed by atoms with Crippen LogP contribution in [-0.2, 0) is 4.79 Å². The molecule has 1 aromatic heterocycles. The number of hydrogen-bond donors (Lipinski definition) is 0. The first-order chi connectivity index (χ1) is 11.2. The van der Waals surface area contributed by atoms with Gasteiger partial charge >= 0.3 is 5.97 Å². The smallest absolute Gasteiger partial charge is 0.330 e. The van der Waals surface area contributed by atoms with Crippen molar-refractivity contribution in [2.24, 2.45) is 0 Å². The average Bonchev–Trinajstić information content (AvgIpc) is 3.05. The second-order valence-corrected chi connectivity index (χ2v) is 6.16. The van der Waals surface area contributed by atoms with E-state index in [1.54, 1.807) is 19.3 Å². The Morgan fingerprint density at radius 2 is 1.65 bits per heavy atom. The summed E-state index contributed by atoms with van der Waals surface area (Å²) in [6.45, 7) is 4.06. The lowest BCUT2D eigenvalue weighted by molar-refractivity contribution is -0.139. The van der Waals surface area contributed by atoms with Gasteiger partial charge in [0.25, 0.3) is 0 Å². The molecule has 0 unspecified atom stereocenters. The van der Waals surface area contributed by atoms with Gasteiger partial charge in [-0.3, -0.25) is 0 Å². The lowest BCUT2D eigenvalue weighted by Crippen LogP contribution is -2.18. The van der Waals surface area contributed by atoms with E-state index in [0.717, 1.165) is 12.8 Å². The molecule has 0 N–H and O–H groups in total. The van der Waals surface area contributed by atoms with Crippen molar-refractivity contribution in [3.63, 3.8) is 0 Å². The summed E-state index contributed by atoms with van der Waals surface area (Å²) in [7, 11) is 0. The van der Waals surface area contributed by atoms with Gasteiger partial charge < -0.3 is 4.84 Å². The lowest BCUT2D eigenvalue weighted by Gasteiger charge is -2.04. The molecule has 0 atom stereocenters. The van der Waals surface area contributed by atoms with Crippen molar-refractivity contribution in [2.75, 3.05) is 0 Å². The van der Waals surface area contributed by atoms with E-state index in [0.29, 0.717) is 5.57 Å². The van der Waals surface area contributed by atoms with E-state index in [-0.39, 0.29) is 5.97 Å². The molecule has 0 radical (unpaired) electrons. The largest absolute Gasteiger partial charge is 0.359 e. The van der Waals surface area contributed by atoms with E-state index in [1.807, 2.05) is 6.08 Å². The van der Waals surface area contributed by atoms with Crippen LogP contribution in [0.1, 0.15) is 84.5 Å². The molecule has 4 heteroatoms. The third kappa shape index (κ3) is 9.93. The van der Waals surface area contributed by atoms with Crippen molar-refractivity contribution in [2.45, 2.75) is 84.5 Å². The summed E-state index contributed by atoms with van der Waals surface area (Å²) in [4.78, 5) is 20.7. The molecule has 0 amide bonds. The molecule has 23 heavy (non-hydrogen) atoms. The Balaban J connectivity index is 1.97. The molecule has 0 aliphatic rings. The SMILES string of the molecule is CCCCCCCCCCCCC=C(C)C(=O)On1ccnc1. The molecule has 0 bridgehead atoms. The number of aromatic nitrogens is 2. The molecule has 1 rings (SSSR count). The zero-order valence-electron chi connectivity index (χ0n) is 14.8. The van der Waals surface area contributed by atoms with Gasteiger partial charge in [-0.25, -0.2) is 9.78 Å². The maximum atomic E-state index is 11.8. The highest BCUT2D eigenvalue weighted by atomic mass is 16.7. The molecule has 4 nitrogen and oxygen atoms in total. The quantitative estimate of drug-likeness (QED) is 0.375. The average molecular weight is 320 g/mol. The van der Waals surface area contributed by atoms with Crippen LogP contribution in [0.15, 0.2) is 30.4 Å². The highest BCUT2D eigenvalue weighted by molar-refractivity contribution is 5.87. The van der Waals surface area contributed by atoms with Crippen LogP contribution < -0.4 is 4.84 Å². The minimum atomic E-state index is -0.310. The highest BCUT2D eigenvalue weighted by Gasteiger charge is 2.06. The van der Waals surface area contributed by atoms with Crippen LogP contribution in [0.3, 0.4) is 0 Å². The fourth-order valence-electron chi connectivity index (χ4n) is 2.50. The minimum absolute atomic E-state index is 0.310. The lowest BCUT2D eigenvalue weighted by atomic mass is 10.1. The maximum Gasteiger partial charge on any atom is 0.359 e. The van der Waals surface area contributed by atoms with Crippen molar-refractivity contribution in [1.29, 1.82) is 0 Å². The van der Waals surface area contributed by atoms with Crippen LogP contribution in [0.25, 0.3) is 0 Å². The van der Waals surface area contributed by atoms with Crippen molar-refractivity contribution in [1.82, 2.24) is 9.71 Å². The van der Waals surface area contributed by atoms with E-state index in [9.17, 15) is 4.79 Å². The van der Waals surface area contributed by atoms with Gasteiger partial charge in [0.2, 0.25) is 0 Å². The van der Waals surface area contributed by atoms with Gasteiger partial charge in [0.15, 0.2) is 0 Å². The fourth-order valence-corrected chi connectivity index (χ4v) is 2.50. The highest BCUT2D eigenvalue weighted by Crippen LogP contribution is 2.12. The Morgan fingerprint density at radius 3 is 2.22 bits per heavy atom. The first-order valence-corrected chi connectivity index (χ1v) is 9.11. The van der Waals surface area contributed by atoms with Gasteiger partial charge in [-0.15, -0.1) is 0 Å². The molecule has 0 fully saturated rings. The van der Waals surface area contributed by atoms with Crippen LogP contribution >= 0.6 is 0 Å². The number of allylic oxidation sites excluding steroid dienone is 1. The van der Waals surface area contributed by atoms with Crippen LogP contribution in [0.4, 0.5) is 0 Å². The zero-order valence-corrected chi connectivity index (χ0v) is 14.8. The van der Waals surface area contributed by atoms with E-state index in [4.69, 9.17) is 4.84 Å². The topological polar surface area (TPSA) is 44.1 Å². The number of carbonyl (C=O) groups excluding carboxylic acids is 1. The summed E-state index contributed by atoms with van der Waals surface area (Å²) in [6.07, 6.45) is 20.9. The van der Waals surface area contributed by atoms with Gasteiger partial charge in [0.1, 0.15) is 6.33 Å². The number of imidazole rings is 1. The minimum Gasteiger partial charge on any atom is -0.330 e. The monoisotopic (exact) mass is 320 g/mol. The molecule has 1 aromatic rings. The fraction of sp³-hybridized carbons (Fsp3) is 0.684. The van der Waals surface area contributed by atoms with Crippen LogP contribution in [0.2, 0.25) is 0 Å². The van der Waals surface area contributed by atoms with E-state index in [2.05, 4.69) is 11.9 Å². The summed E-state index contributed by atoms with van der Waals surface area (Å²) in [5.74, 6) is -0.310. The molecule has 0 saturated heterocycles. The van der Waals surface area contributed by atoms with Gasteiger partial charge in [0.05, 0.1) is 6.20 Å². The number of unbranched alkanes of at least 4 members (excludes halogenated alkanes) is 10. The third-order valence-electron chi connectivity index (χ3n) is 4.00. The summed E-state index contributed by atoms with van der Waals surface area (Å²) < 4.78 is 1.32. The van der Waals surface area contributed by atoms with Gasteiger partial charge in [-0.1, -0.05) is 70.8 Å². The van der Waals surface area contributed by atoms with E-state index in [1.165, 1.54) is 68.8 Å². The number of carbonyl (C=O) groups is 1. The molecule has 0 saturated carbocycles. The second-order valence-electron chi connectivity index (χ2n) is 6.16. The Kier molecular flexibility index (Phi) is 10.9. The number of nitrogens with zero attached hydrogens (tertiary/aromatic N) is 2. The molecule has 0 spiro atoms. The van der Waals surface area contributed by atoms with Gasteiger partial charge in [0, 0.05) is 11.8 Å². The standard InChI is InChI=1S/C19H32N2O2/c1-3-4-5-6-7-8-9-10-11-12-13-14-18(2)19(22)23-21-16-15-20-17-21/h14-17H,3-13H2,1-2H3. The Morgan fingerprint density at radius 1 is 1.04 bits per heavy atom. The molecule has 0 aromatic carbocycles. The predicted molar refractivity (Wildman–Crippen MR) is 94.0 cm³/mol. The normalized spacial score (nSPS) is 11.7. The van der Waals surface area contributed by atoms with Gasteiger partial charge in [-0.2, -0.15) is 4.73 Å². The summed E-state index contributed by atoms with van der Waals surface area (Å²) >= 11 is 0. The van der Waals surface area contributed by atoms with Crippen molar-refractivity contribution >= 4 is 5.97 Å². The van der Waals surface area contributed by atoms with E-state index >= 15 is 0 Å². The van der Waals surface area contributed by atoms with Crippen LogP contribution in [0.5, 0.6) is 0 Å². The Hall–Kier alpha value is -1.58. The van der Waals surface area contributed by atoms with Crippen molar-refractivity contribution in [3.05, 3.63) is 30.4 Å². The first-order valence-electron chi connectivity index (χ1n) is 9.11. The van der Waals surface area contributed by atoms with Crippen molar-refractivity contribution in [3.8, 4) is 0 Å².